The Hall–Kier alpha value is -4.00. The minimum atomic E-state index is -0.210. The number of nitrogens with zero attached hydrogens (tertiary/aromatic N) is 2. The number of carbonyl (C=O) groups excluding carboxylic acids is 2. The normalized spacial score (nSPS) is 14.2. The lowest BCUT2D eigenvalue weighted by Crippen LogP contribution is -2.36. The van der Waals surface area contributed by atoms with E-state index in [1.54, 1.807) is 18.3 Å². The van der Waals surface area contributed by atoms with Crippen LogP contribution in [0.3, 0.4) is 0 Å². The lowest BCUT2D eigenvalue weighted by molar-refractivity contribution is 0.0927. The second kappa shape index (κ2) is 9.24. The van der Waals surface area contributed by atoms with Gasteiger partial charge in [-0.25, -0.2) is 4.98 Å². The Morgan fingerprint density at radius 1 is 0.909 bits per heavy atom. The van der Waals surface area contributed by atoms with Crippen molar-refractivity contribution in [2.45, 2.75) is 38.1 Å². The number of hydrogen-bond acceptors (Lipinski definition) is 4. The molecule has 166 valence electrons. The number of H-pyrrole nitrogens is 1. The zero-order valence-electron chi connectivity index (χ0n) is 18.2. The smallest absolute Gasteiger partial charge is 0.257 e. The first kappa shape index (κ1) is 20.9. The highest BCUT2D eigenvalue weighted by Gasteiger charge is 2.17. The van der Waals surface area contributed by atoms with Gasteiger partial charge in [-0.15, -0.1) is 0 Å². The molecule has 7 nitrogen and oxygen atoms in total. The predicted molar refractivity (Wildman–Crippen MR) is 128 cm³/mol. The first-order valence-electron chi connectivity index (χ1n) is 11.3. The molecule has 1 saturated carbocycles. The topological polar surface area (TPSA) is 99.8 Å². The average molecular weight is 440 g/mol. The van der Waals surface area contributed by atoms with Gasteiger partial charge in [0.25, 0.3) is 11.8 Å². The highest BCUT2D eigenvalue weighted by molar-refractivity contribution is 6.04. The van der Waals surface area contributed by atoms with E-state index in [1.807, 2.05) is 42.5 Å². The number of anilines is 1. The zero-order valence-corrected chi connectivity index (χ0v) is 18.2. The van der Waals surface area contributed by atoms with Crippen molar-refractivity contribution < 1.29 is 9.59 Å². The van der Waals surface area contributed by atoms with Crippen LogP contribution in [-0.2, 0) is 0 Å². The molecule has 2 aromatic carbocycles. The Labute approximate surface area is 191 Å². The second-order valence-electron chi connectivity index (χ2n) is 8.40. The van der Waals surface area contributed by atoms with Crippen LogP contribution in [-0.4, -0.2) is 32.8 Å². The van der Waals surface area contributed by atoms with Crippen molar-refractivity contribution in [1.82, 2.24) is 20.3 Å². The minimum Gasteiger partial charge on any atom is -0.349 e. The van der Waals surface area contributed by atoms with Crippen LogP contribution in [0.4, 0.5) is 5.69 Å². The number of hydrogen-bond donors (Lipinski definition) is 3. The molecule has 33 heavy (non-hydrogen) atoms. The molecule has 0 spiro atoms. The average Bonchev–Trinajstić information content (AvgIpc) is 3.29. The molecule has 2 heterocycles. The van der Waals surface area contributed by atoms with Gasteiger partial charge in [-0.1, -0.05) is 19.3 Å². The van der Waals surface area contributed by atoms with Crippen LogP contribution in [0.1, 0.15) is 52.8 Å². The van der Waals surface area contributed by atoms with Crippen LogP contribution in [0.25, 0.3) is 22.4 Å². The highest BCUT2D eigenvalue weighted by atomic mass is 16.2. The van der Waals surface area contributed by atoms with Gasteiger partial charge < -0.3 is 15.6 Å². The second-order valence-corrected chi connectivity index (χ2v) is 8.40. The van der Waals surface area contributed by atoms with Crippen molar-refractivity contribution in [3.05, 3.63) is 78.1 Å². The van der Waals surface area contributed by atoms with E-state index in [1.165, 1.54) is 25.5 Å². The lowest BCUT2D eigenvalue weighted by atomic mass is 9.95. The quantitative estimate of drug-likeness (QED) is 0.410. The molecule has 5 rings (SSSR count). The number of fused-ring (bicyclic) bond motifs is 1. The van der Waals surface area contributed by atoms with Gasteiger partial charge in [0.1, 0.15) is 5.82 Å². The van der Waals surface area contributed by atoms with Gasteiger partial charge in [-0.05, 0) is 67.4 Å². The molecule has 1 aliphatic rings. The third kappa shape index (κ3) is 4.77. The SMILES string of the molecule is O=C(Nc1ccc(-c2nc3cc(C(=O)NC4CCCCC4)ccc3[nH]2)cc1)c1cccnc1. The van der Waals surface area contributed by atoms with E-state index in [4.69, 9.17) is 0 Å². The van der Waals surface area contributed by atoms with Crippen molar-refractivity contribution in [3.63, 3.8) is 0 Å². The van der Waals surface area contributed by atoms with E-state index in [0.29, 0.717) is 22.6 Å². The molecule has 7 heteroatoms. The standard InChI is InChI=1S/C26H25N5O2/c32-25(28-20-6-2-1-3-7-20)18-10-13-22-23(15-18)31-24(30-22)17-8-11-21(12-9-17)29-26(33)19-5-4-14-27-16-19/h4-5,8-16,20H,1-3,6-7H2,(H,28,32)(H,29,33)(H,30,31). The molecule has 1 aliphatic carbocycles. The van der Waals surface area contributed by atoms with Crippen LogP contribution in [0.15, 0.2) is 67.0 Å². The maximum atomic E-state index is 12.7. The summed E-state index contributed by atoms with van der Waals surface area (Å²) in [6.07, 6.45) is 8.88. The molecular formula is C26H25N5O2. The van der Waals surface area contributed by atoms with Crippen LogP contribution >= 0.6 is 0 Å². The molecule has 0 atom stereocenters. The summed E-state index contributed by atoms with van der Waals surface area (Å²) in [5.41, 5.74) is 4.31. The maximum Gasteiger partial charge on any atom is 0.257 e. The number of benzene rings is 2. The molecule has 2 aromatic heterocycles. The fraction of sp³-hybridized carbons (Fsp3) is 0.231. The Morgan fingerprint density at radius 2 is 1.73 bits per heavy atom. The molecule has 0 radical (unpaired) electrons. The Bertz CT molecular complexity index is 1280. The lowest BCUT2D eigenvalue weighted by Gasteiger charge is -2.22. The number of pyridine rings is 1. The Balaban J connectivity index is 1.29. The molecule has 0 aliphatic heterocycles. The largest absolute Gasteiger partial charge is 0.349 e. The summed E-state index contributed by atoms with van der Waals surface area (Å²) in [4.78, 5) is 36.9. The summed E-state index contributed by atoms with van der Waals surface area (Å²) < 4.78 is 0. The number of amides is 2. The first-order chi connectivity index (χ1) is 16.2. The number of carbonyl (C=O) groups is 2. The van der Waals surface area contributed by atoms with Crippen LogP contribution in [0.5, 0.6) is 0 Å². The van der Waals surface area contributed by atoms with Crippen LogP contribution in [0, 0.1) is 0 Å². The molecular weight excluding hydrogens is 414 g/mol. The van der Waals surface area contributed by atoms with Crippen LogP contribution < -0.4 is 10.6 Å². The maximum absolute atomic E-state index is 12.7. The summed E-state index contributed by atoms with van der Waals surface area (Å²) >= 11 is 0. The summed E-state index contributed by atoms with van der Waals surface area (Å²) in [6.45, 7) is 0. The summed E-state index contributed by atoms with van der Waals surface area (Å²) in [6, 6.07) is 16.7. The number of imidazole rings is 1. The van der Waals surface area contributed by atoms with Crippen molar-refractivity contribution >= 4 is 28.5 Å². The minimum absolute atomic E-state index is 0.0398. The summed E-state index contributed by atoms with van der Waals surface area (Å²) in [5, 5.41) is 6.02. The van der Waals surface area contributed by atoms with E-state index >= 15 is 0 Å². The molecule has 0 bridgehead atoms. The van der Waals surface area contributed by atoms with Gasteiger partial charge in [0.2, 0.25) is 0 Å². The Morgan fingerprint density at radius 3 is 2.48 bits per heavy atom. The van der Waals surface area contributed by atoms with Crippen molar-refractivity contribution in [3.8, 4) is 11.4 Å². The predicted octanol–water partition coefficient (Wildman–Crippen LogP) is 4.94. The van der Waals surface area contributed by atoms with E-state index in [9.17, 15) is 9.59 Å². The molecule has 1 fully saturated rings. The van der Waals surface area contributed by atoms with Gasteiger partial charge in [0, 0.05) is 35.2 Å². The number of nitrogens with one attached hydrogen (secondary N) is 3. The molecule has 4 aromatic rings. The van der Waals surface area contributed by atoms with Gasteiger partial charge in [-0.3, -0.25) is 14.6 Å². The molecule has 3 N–H and O–H groups in total. The summed E-state index contributed by atoms with van der Waals surface area (Å²) in [5.74, 6) is 0.459. The van der Waals surface area contributed by atoms with E-state index in [0.717, 1.165) is 29.4 Å². The molecule has 0 saturated heterocycles. The van der Waals surface area contributed by atoms with Gasteiger partial charge in [0.15, 0.2) is 0 Å². The van der Waals surface area contributed by atoms with Gasteiger partial charge in [0.05, 0.1) is 16.6 Å². The number of rotatable bonds is 5. The zero-order chi connectivity index (χ0) is 22.6. The third-order valence-corrected chi connectivity index (χ3v) is 6.03. The fourth-order valence-corrected chi connectivity index (χ4v) is 4.21. The molecule has 2 amide bonds. The Kier molecular flexibility index (Phi) is 5.85. The third-order valence-electron chi connectivity index (χ3n) is 6.03. The van der Waals surface area contributed by atoms with E-state index < -0.39 is 0 Å². The monoisotopic (exact) mass is 439 g/mol. The van der Waals surface area contributed by atoms with Crippen molar-refractivity contribution in [1.29, 1.82) is 0 Å². The summed E-state index contributed by atoms with van der Waals surface area (Å²) in [7, 11) is 0. The van der Waals surface area contributed by atoms with Gasteiger partial charge in [-0.2, -0.15) is 0 Å². The van der Waals surface area contributed by atoms with Crippen molar-refractivity contribution in [2.75, 3.05) is 5.32 Å². The number of aromatic amines is 1. The van der Waals surface area contributed by atoms with Crippen LogP contribution in [0.2, 0.25) is 0 Å². The van der Waals surface area contributed by atoms with Crippen molar-refractivity contribution in [2.24, 2.45) is 0 Å². The molecule has 0 unspecified atom stereocenters. The number of aromatic nitrogens is 3. The fourth-order valence-electron chi connectivity index (χ4n) is 4.21. The highest BCUT2D eigenvalue weighted by Crippen LogP contribution is 2.24. The first-order valence-corrected chi connectivity index (χ1v) is 11.3. The van der Waals surface area contributed by atoms with Gasteiger partial charge >= 0.3 is 0 Å². The van der Waals surface area contributed by atoms with E-state index in [2.05, 4.69) is 25.6 Å². The van der Waals surface area contributed by atoms with E-state index in [-0.39, 0.29) is 17.9 Å².